The Bertz CT molecular complexity index is 905. The van der Waals surface area contributed by atoms with Gasteiger partial charge in [0, 0.05) is 29.1 Å². The third kappa shape index (κ3) is 3.94. The van der Waals surface area contributed by atoms with Crippen molar-refractivity contribution in [2.75, 3.05) is 23.7 Å². The number of hydrogen-bond acceptors (Lipinski definition) is 5. The van der Waals surface area contributed by atoms with E-state index in [0.29, 0.717) is 23.7 Å². The molecule has 0 spiro atoms. The Labute approximate surface area is 152 Å². The number of nitrogens with one attached hydrogen (secondary N) is 2. The smallest absolute Gasteiger partial charge is 0.128 e. The number of aromatic nitrogens is 2. The van der Waals surface area contributed by atoms with Crippen LogP contribution in [0.3, 0.4) is 0 Å². The van der Waals surface area contributed by atoms with Gasteiger partial charge in [0.1, 0.15) is 17.7 Å². The molecule has 2 N–H and O–H groups in total. The molecule has 0 aliphatic carbocycles. The van der Waals surface area contributed by atoms with Crippen LogP contribution in [0.25, 0.3) is 10.9 Å². The second-order valence-corrected chi connectivity index (χ2v) is 6.37. The minimum atomic E-state index is 0.542. The molecule has 2 aromatic heterocycles. The fraction of sp³-hybridized carbons (Fsp3) is 0.118. The minimum Gasteiger partial charge on any atom is -0.368 e. The van der Waals surface area contributed by atoms with Gasteiger partial charge in [-0.3, -0.25) is 0 Å². The van der Waals surface area contributed by atoms with Crippen LogP contribution in [0.15, 0.2) is 47.1 Å². The molecule has 0 atom stereocenters. The summed E-state index contributed by atoms with van der Waals surface area (Å²) in [5, 5.41) is 16.7. The largest absolute Gasteiger partial charge is 0.368 e. The van der Waals surface area contributed by atoms with E-state index in [0.717, 1.165) is 27.0 Å². The highest BCUT2D eigenvalue weighted by Crippen LogP contribution is 2.27. The molecule has 0 aliphatic rings. The summed E-state index contributed by atoms with van der Waals surface area (Å²) < 4.78 is 0.962. The van der Waals surface area contributed by atoms with E-state index in [1.54, 1.807) is 12.1 Å². The summed E-state index contributed by atoms with van der Waals surface area (Å²) in [6.45, 7) is 1.32. The maximum atomic E-state index is 8.74. The Morgan fingerprint density at radius 2 is 1.88 bits per heavy atom. The SMILES string of the molecule is N#Cc1ccc(NCCNc2cc(Cl)c3ccc(Br)cc3n2)nc1. The second-order valence-electron chi connectivity index (χ2n) is 5.05. The standard InChI is InChI=1S/C17H13BrClN5/c18-12-2-3-13-14(19)8-17(24-15(13)7-12)22-6-5-21-16-4-1-11(9-20)10-23-16/h1-4,7-8,10H,5-6H2,(H,21,23)(H,22,24). The van der Waals surface area contributed by atoms with E-state index in [4.69, 9.17) is 16.9 Å². The van der Waals surface area contributed by atoms with Crippen LogP contribution in [0.1, 0.15) is 5.56 Å². The van der Waals surface area contributed by atoms with Crippen LogP contribution in [0.2, 0.25) is 5.02 Å². The molecule has 0 saturated heterocycles. The number of fused-ring (bicyclic) bond motifs is 1. The molecular formula is C17H13BrClN5. The quantitative estimate of drug-likeness (QED) is 0.617. The number of nitriles is 1. The third-order valence-electron chi connectivity index (χ3n) is 3.35. The molecule has 3 aromatic rings. The van der Waals surface area contributed by atoms with Crippen LogP contribution in [-0.2, 0) is 0 Å². The molecule has 1 aromatic carbocycles. The number of anilines is 2. The van der Waals surface area contributed by atoms with Crippen molar-refractivity contribution < 1.29 is 0 Å². The molecule has 2 heterocycles. The van der Waals surface area contributed by atoms with Crippen molar-refractivity contribution in [3.8, 4) is 6.07 Å². The van der Waals surface area contributed by atoms with E-state index < -0.39 is 0 Å². The maximum absolute atomic E-state index is 8.74. The number of benzene rings is 1. The first-order valence-electron chi connectivity index (χ1n) is 7.25. The lowest BCUT2D eigenvalue weighted by Gasteiger charge is -2.09. The van der Waals surface area contributed by atoms with Crippen molar-refractivity contribution in [2.24, 2.45) is 0 Å². The summed E-state index contributed by atoms with van der Waals surface area (Å²) in [5.74, 6) is 1.45. The maximum Gasteiger partial charge on any atom is 0.128 e. The van der Waals surface area contributed by atoms with Gasteiger partial charge in [-0.2, -0.15) is 5.26 Å². The average molecular weight is 403 g/mol. The lowest BCUT2D eigenvalue weighted by Crippen LogP contribution is -2.15. The molecule has 0 saturated carbocycles. The van der Waals surface area contributed by atoms with E-state index in [-0.39, 0.29) is 0 Å². The van der Waals surface area contributed by atoms with Crippen LogP contribution in [0.4, 0.5) is 11.6 Å². The number of nitrogens with zero attached hydrogens (tertiary/aromatic N) is 3. The molecule has 0 amide bonds. The summed E-state index contributed by atoms with van der Waals surface area (Å²) in [4.78, 5) is 8.71. The lowest BCUT2D eigenvalue weighted by molar-refractivity contribution is 1.05. The predicted molar refractivity (Wildman–Crippen MR) is 100 cm³/mol. The van der Waals surface area contributed by atoms with Crippen molar-refractivity contribution in [1.29, 1.82) is 5.26 Å². The highest BCUT2D eigenvalue weighted by atomic mass is 79.9. The van der Waals surface area contributed by atoms with Crippen molar-refractivity contribution >= 4 is 50.1 Å². The number of hydrogen-bond donors (Lipinski definition) is 2. The summed E-state index contributed by atoms with van der Waals surface area (Å²) in [6, 6.07) is 13.2. The third-order valence-corrected chi connectivity index (χ3v) is 4.16. The van der Waals surface area contributed by atoms with Crippen LogP contribution < -0.4 is 10.6 Å². The van der Waals surface area contributed by atoms with Crippen molar-refractivity contribution in [1.82, 2.24) is 9.97 Å². The summed E-state index contributed by atoms with van der Waals surface area (Å²) in [5.41, 5.74) is 1.38. The van der Waals surface area contributed by atoms with Gasteiger partial charge in [0.05, 0.1) is 16.1 Å². The van der Waals surface area contributed by atoms with E-state index in [2.05, 4.69) is 36.5 Å². The Kier molecular flexibility index (Phi) is 5.14. The highest BCUT2D eigenvalue weighted by molar-refractivity contribution is 9.10. The molecule has 0 aliphatic heterocycles. The van der Waals surface area contributed by atoms with Crippen molar-refractivity contribution in [3.63, 3.8) is 0 Å². The molecule has 5 nitrogen and oxygen atoms in total. The van der Waals surface area contributed by atoms with Crippen molar-refractivity contribution in [2.45, 2.75) is 0 Å². The lowest BCUT2D eigenvalue weighted by atomic mass is 10.2. The van der Waals surface area contributed by atoms with Crippen LogP contribution in [0.5, 0.6) is 0 Å². The zero-order valence-corrected chi connectivity index (χ0v) is 14.9. The fourth-order valence-electron chi connectivity index (χ4n) is 2.20. The van der Waals surface area contributed by atoms with Gasteiger partial charge < -0.3 is 10.6 Å². The summed E-state index contributed by atoms with van der Waals surface area (Å²) >= 11 is 9.75. The van der Waals surface area contributed by atoms with Gasteiger partial charge >= 0.3 is 0 Å². The van der Waals surface area contributed by atoms with Crippen LogP contribution in [0, 0.1) is 11.3 Å². The monoisotopic (exact) mass is 401 g/mol. The van der Waals surface area contributed by atoms with Gasteiger partial charge in [-0.15, -0.1) is 0 Å². The van der Waals surface area contributed by atoms with Gasteiger partial charge in [-0.1, -0.05) is 33.6 Å². The normalized spacial score (nSPS) is 10.4. The minimum absolute atomic E-state index is 0.542. The average Bonchev–Trinajstić information content (AvgIpc) is 2.59. The molecule has 120 valence electrons. The van der Waals surface area contributed by atoms with E-state index >= 15 is 0 Å². The molecule has 7 heteroatoms. The number of halogens is 2. The first-order chi connectivity index (χ1) is 11.7. The van der Waals surface area contributed by atoms with E-state index in [9.17, 15) is 0 Å². The molecule has 0 unspecified atom stereocenters. The first kappa shape index (κ1) is 16.5. The fourth-order valence-corrected chi connectivity index (χ4v) is 2.81. The molecule has 0 fully saturated rings. The number of pyridine rings is 2. The van der Waals surface area contributed by atoms with Gasteiger partial charge in [0.25, 0.3) is 0 Å². The molecular weight excluding hydrogens is 390 g/mol. The van der Waals surface area contributed by atoms with E-state index in [1.165, 1.54) is 6.20 Å². The molecule has 0 bridgehead atoms. The van der Waals surface area contributed by atoms with Gasteiger partial charge in [-0.05, 0) is 30.3 Å². The Balaban J connectivity index is 1.60. The predicted octanol–water partition coefficient (Wildman–Crippen LogP) is 4.44. The van der Waals surface area contributed by atoms with Gasteiger partial charge in [0.15, 0.2) is 0 Å². The highest BCUT2D eigenvalue weighted by Gasteiger charge is 2.04. The number of rotatable bonds is 5. The molecule has 24 heavy (non-hydrogen) atoms. The van der Waals surface area contributed by atoms with Gasteiger partial charge in [0.2, 0.25) is 0 Å². The van der Waals surface area contributed by atoms with E-state index in [1.807, 2.05) is 30.3 Å². The zero-order chi connectivity index (χ0) is 16.9. The van der Waals surface area contributed by atoms with Gasteiger partial charge in [-0.25, -0.2) is 9.97 Å². The molecule has 3 rings (SSSR count). The zero-order valence-electron chi connectivity index (χ0n) is 12.6. The summed E-state index contributed by atoms with van der Waals surface area (Å²) in [6.07, 6.45) is 1.54. The van der Waals surface area contributed by atoms with Crippen LogP contribution in [-0.4, -0.2) is 23.1 Å². The Morgan fingerprint density at radius 1 is 1.08 bits per heavy atom. The molecule has 0 radical (unpaired) electrons. The topological polar surface area (TPSA) is 73.6 Å². The Morgan fingerprint density at radius 3 is 2.58 bits per heavy atom. The van der Waals surface area contributed by atoms with Crippen LogP contribution >= 0.6 is 27.5 Å². The Hall–Kier alpha value is -2.36. The second kappa shape index (κ2) is 7.47. The first-order valence-corrected chi connectivity index (χ1v) is 8.42. The van der Waals surface area contributed by atoms with Crippen molar-refractivity contribution in [3.05, 3.63) is 57.7 Å². The summed E-state index contributed by atoms with van der Waals surface area (Å²) in [7, 11) is 0.